The van der Waals surface area contributed by atoms with E-state index in [2.05, 4.69) is 173 Å². The number of benzene rings is 9. The van der Waals surface area contributed by atoms with Crippen LogP contribution in [-0.2, 0) is 0 Å². The maximum atomic E-state index is 7.96. The van der Waals surface area contributed by atoms with Crippen LogP contribution in [0.3, 0.4) is 0 Å². The number of rotatable bonds is 9. The molecule has 64 heavy (non-hydrogen) atoms. The summed E-state index contributed by atoms with van der Waals surface area (Å²) >= 11 is 0. The van der Waals surface area contributed by atoms with Crippen molar-refractivity contribution in [3.05, 3.63) is 248 Å². The van der Waals surface area contributed by atoms with Crippen LogP contribution in [-0.4, -0.2) is 27.6 Å². The van der Waals surface area contributed by atoms with Gasteiger partial charge in [0.25, 0.3) is 0 Å². The van der Waals surface area contributed by atoms with Gasteiger partial charge in [0.1, 0.15) is 0 Å². The van der Waals surface area contributed by atoms with Gasteiger partial charge in [0.2, 0.25) is 0 Å². The standard InChI is InChI=1S/C58H39N5Si/c1-59-45-35-36-51-50-32-17-18-33-53(50)63(55(51)40-45)54-37-34-44(39-52(54)58-61-56(41-20-7-2-8-21-41)60-57(62-58)42-22-9-3-10-23-42)43-24-19-31-49(38-43)64(46-25-11-4-12-26-46,47-27-13-5-14-28-47)48-29-15-6-16-30-48/h2-40H. The lowest BCUT2D eigenvalue weighted by atomic mass is 10.0. The van der Waals surface area contributed by atoms with Gasteiger partial charge in [-0.1, -0.05) is 212 Å². The lowest BCUT2D eigenvalue weighted by Gasteiger charge is -2.34. The molecule has 0 aliphatic rings. The molecule has 0 aliphatic carbocycles. The van der Waals surface area contributed by atoms with E-state index in [4.69, 9.17) is 21.5 Å². The Morgan fingerprint density at radius 3 is 1.41 bits per heavy atom. The fourth-order valence-corrected chi connectivity index (χ4v) is 14.1. The zero-order valence-electron chi connectivity index (χ0n) is 34.8. The molecular formula is C58H39N5Si. The van der Waals surface area contributed by atoms with Crippen molar-refractivity contribution < 1.29 is 0 Å². The lowest BCUT2D eigenvalue weighted by Crippen LogP contribution is -2.74. The molecule has 2 aromatic heterocycles. The van der Waals surface area contributed by atoms with Gasteiger partial charge in [-0.15, -0.1) is 0 Å². The number of fused-ring (bicyclic) bond motifs is 3. The number of para-hydroxylation sites is 1. The number of aromatic nitrogens is 4. The maximum absolute atomic E-state index is 7.96. The molecule has 0 atom stereocenters. The summed E-state index contributed by atoms with van der Waals surface area (Å²) in [6, 6.07) is 83.4. The summed E-state index contributed by atoms with van der Waals surface area (Å²) in [7, 11) is -2.82. The van der Waals surface area contributed by atoms with E-state index in [9.17, 15) is 0 Å². The highest BCUT2D eigenvalue weighted by molar-refractivity contribution is 7.19. The third-order valence-corrected chi connectivity index (χ3v) is 17.0. The number of hydrogen-bond donors (Lipinski definition) is 0. The predicted molar refractivity (Wildman–Crippen MR) is 266 cm³/mol. The minimum absolute atomic E-state index is 0.551. The van der Waals surface area contributed by atoms with Crippen molar-refractivity contribution in [2.24, 2.45) is 0 Å². The van der Waals surface area contributed by atoms with Gasteiger partial charge in [0, 0.05) is 33.0 Å². The predicted octanol–water partition coefficient (Wildman–Crippen LogP) is 11.6. The second-order valence-corrected chi connectivity index (χ2v) is 19.7. The topological polar surface area (TPSA) is 48.0 Å². The average molecular weight is 834 g/mol. The maximum Gasteiger partial charge on any atom is 0.189 e. The lowest BCUT2D eigenvalue weighted by molar-refractivity contribution is 1.06. The Morgan fingerprint density at radius 2 is 0.828 bits per heavy atom. The first kappa shape index (κ1) is 38.4. The average Bonchev–Trinajstić information content (AvgIpc) is 3.71. The molecule has 0 fully saturated rings. The second-order valence-electron chi connectivity index (χ2n) is 15.9. The van der Waals surface area contributed by atoms with Crippen LogP contribution in [0.15, 0.2) is 237 Å². The van der Waals surface area contributed by atoms with Crippen molar-refractivity contribution >= 4 is 56.3 Å². The first-order chi connectivity index (χ1) is 31.7. The van der Waals surface area contributed by atoms with Crippen molar-refractivity contribution in [2.45, 2.75) is 0 Å². The Labute approximate surface area is 373 Å². The minimum atomic E-state index is -2.82. The zero-order chi connectivity index (χ0) is 42.9. The molecule has 0 radical (unpaired) electrons. The van der Waals surface area contributed by atoms with Crippen LogP contribution in [0, 0.1) is 6.57 Å². The molecule has 6 heteroatoms. The van der Waals surface area contributed by atoms with Gasteiger partial charge in [-0.2, -0.15) is 0 Å². The number of hydrogen-bond acceptors (Lipinski definition) is 3. The van der Waals surface area contributed by atoms with E-state index >= 15 is 0 Å². The highest BCUT2D eigenvalue weighted by Gasteiger charge is 2.41. The monoisotopic (exact) mass is 833 g/mol. The largest absolute Gasteiger partial charge is 0.310 e. The van der Waals surface area contributed by atoms with Crippen LogP contribution in [0.2, 0.25) is 0 Å². The Hall–Kier alpha value is -8.50. The van der Waals surface area contributed by atoms with E-state index in [1.807, 2.05) is 72.8 Å². The highest BCUT2D eigenvalue weighted by Crippen LogP contribution is 2.39. The Morgan fingerprint density at radius 1 is 0.359 bits per heavy atom. The summed E-state index contributed by atoms with van der Waals surface area (Å²) in [4.78, 5) is 19.5. The van der Waals surface area contributed by atoms with Crippen molar-refractivity contribution in [3.8, 4) is 51.0 Å². The van der Waals surface area contributed by atoms with Gasteiger partial charge in [-0.3, -0.25) is 0 Å². The Kier molecular flexibility index (Phi) is 9.85. The molecule has 0 unspecified atom stereocenters. The molecule has 0 saturated carbocycles. The normalized spacial score (nSPS) is 11.4. The fraction of sp³-hybridized carbons (Fsp3) is 0. The molecule has 0 amide bonds. The molecule has 11 aromatic rings. The SMILES string of the molecule is [C-]#[N+]c1ccc2c3ccccc3n(-c3ccc(-c4cccc([Si](c5ccccc5)(c5ccccc5)c5ccccc5)c4)cc3-c3nc(-c4ccccc4)nc(-c4ccccc4)n3)c2c1. The first-order valence-electron chi connectivity index (χ1n) is 21.4. The van der Waals surface area contributed by atoms with Gasteiger partial charge in [-0.25, -0.2) is 19.8 Å². The molecule has 0 aliphatic heterocycles. The van der Waals surface area contributed by atoms with E-state index in [-0.39, 0.29) is 0 Å². The van der Waals surface area contributed by atoms with E-state index in [1.54, 1.807) is 0 Å². The third kappa shape index (κ3) is 6.69. The van der Waals surface area contributed by atoms with Crippen LogP contribution < -0.4 is 20.7 Å². The molecule has 11 rings (SSSR count). The molecule has 5 nitrogen and oxygen atoms in total. The van der Waals surface area contributed by atoms with E-state index in [0.717, 1.165) is 55.3 Å². The Bertz CT molecular complexity index is 3340. The molecule has 300 valence electrons. The zero-order valence-corrected chi connectivity index (χ0v) is 35.8. The van der Waals surface area contributed by atoms with Gasteiger partial charge < -0.3 is 4.57 Å². The summed E-state index contributed by atoms with van der Waals surface area (Å²) < 4.78 is 2.27. The van der Waals surface area contributed by atoms with Crippen LogP contribution in [0.4, 0.5) is 5.69 Å². The summed E-state index contributed by atoms with van der Waals surface area (Å²) in [5, 5.41) is 7.41. The molecule has 0 spiro atoms. The highest BCUT2D eigenvalue weighted by atomic mass is 28.3. The summed E-state index contributed by atoms with van der Waals surface area (Å²) in [5.74, 6) is 1.73. The molecule has 2 heterocycles. The van der Waals surface area contributed by atoms with E-state index in [1.165, 1.54) is 20.7 Å². The van der Waals surface area contributed by atoms with E-state index in [0.29, 0.717) is 23.2 Å². The van der Waals surface area contributed by atoms with Crippen LogP contribution in [0.1, 0.15) is 0 Å². The molecule has 0 bridgehead atoms. The summed E-state index contributed by atoms with van der Waals surface area (Å²) in [6.45, 7) is 7.96. The summed E-state index contributed by atoms with van der Waals surface area (Å²) in [6.07, 6.45) is 0. The smallest absolute Gasteiger partial charge is 0.189 e. The van der Waals surface area contributed by atoms with Crippen LogP contribution in [0.25, 0.3) is 77.6 Å². The molecule has 0 saturated heterocycles. The van der Waals surface area contributed by atoms with Gasteiger partial charge in [-0.05, 0) is 56.1 Å². The van der Waals surface area contributed by atoms with Gasteiger partial charge in [0.05, 0.1) is 17.8 Å². The van der Waals surface area contributed by atoms with Crippen LogP contribution in [0.5, 0.6) is 0 Å². The van der Waals surface area contributed by atoms with Gasteiger partial charge >= 0.3 is 0 Å². The third-order valence-electron chi connectivity index (χ3n) is 12.2. The van der Waals surface area contributed by atoms with Crippen molar-refractivity contribution in [3.63, 3.8) is 0 Å². The second kappa shape index (κ2) is 16.4. The van der Waals surface area contributed by atoms with Crippen molar-refractivity contribution in [1.29, 1.82) is 0 Å². The van der Waals surface area contributed by atoms with E-state index < -0.39 is 8.07 Å². The van der Waals surface area contributed by atoms with Crippen molar-refractivity contribution in [2.75, 3.05) is 0 Å². The van der Waals surface area contributed by atoms with Crippen molar-refractivity contribution in [1.82, 2.24) is 19.5 Å². The summed E-state index contributed by atoms with van der Waals surface area (Å²) in [5.41, 5.74) is 8.20. The molecular weight excluding hydrogens is 795 g/mol. The first-order valence-corrected chi connectivity index (χ1v) is 23.4. The number of nitrogens with zero attached hydrogens (tertiary/aromatic N) is 5. The van der Waals surface area contributed by atoms with Crippen LogP contribution >= 0.6 is 0 Å². The minimum Gasteiger partial charge on any atom is -0.310 e. The molecule has 0 N–H and O–H groups in total. The quantitative estimate of drug-likeness (QED) is 0.0827. The fourth-order valence-electron chi connectivity index (χ4n) is 9.30. The Balaban J connectivity index is 1.20. The van der Waals surface area contributed by atoms with Gasteiger partial charge in [0.15, 0.2) is 31.2 Å². The molecule has 9 aromatic carbocycles.